The van der Waals surface area contributed by atoms with E-state index in [1.165, 1.54) is 36.8 Å². The van der Waals surface area contributed by atoms with Crippen LogP contribution in [0.4, 0.5) is 24.8 Å². The first kappa shape index (κ1) is 18.3. The number of nitrogens with one attached hydrogen (secondary N) is 2. The fraction of sp³-hybridized carbons (Fsp3) is 0.111. The monoisotopic (exact) mass is 373 g/mol. The van der Waals surface area contributed by atoms with Gasteiger partial charge in [-0.3, -0.25) is 9.78 Å². The van der Waals surface area contributed by atoms with Crippen molar-refractivity contribution in [2.45, 2.75) is 12.7 Å². The van der Waals surface area contributed by atoms with E-state index in [0.717, 1.165) is 12.1 Å². The highest BCUT2D eigenvalue weighted by Crippen LogP contribution is 2.29. The molecule has 1 aromatic carbocycles. The zero-order chi connectivity index (χ0) is 19.3. The standard InChI is InChI=1S/C18H14F3N5O/c19-18(20,21)13-4-1-3-12(9-13)10-24-17(27)14-5-2-6-15(25-14)26-16-11-22-7-8-23-16/h1-9,11H,10H2,(H,24,27)(H,23,25,26). The van der Waals surface area contributed by atoms with E-state index in [0.29, 0.717) is 17.2 Å². The molecule has 0 unspecified atom stereocenters. The third-order valence-corrected chi connectivity index (χ3v) is 3.51. The second-order valence-corrected chi connectivity index (χ2v) is 5.50. The van der Waals surface area contributed by atoms with E-state index >= 15 is 0 Å². The van der Waals surface area contributed by atoms with Crippen LogP contribution in [0.1, 0.15) is 21.6 Å². The molecule has 0 bridgehead atoms. The van der Waals surface area contributed by atoms with Gasteiger partial charge in [0.05, 0.1) is 11.8 Å². The molecule has 0 aliphatic carbocycles. The summed E-state index contributed by atoms with van der Waals surface area (Å²) in [6.07, 6.45) is 0.105. The summed E-state index contributed by atoms with van der Waals surface area (Å²) in [6, 6.07) is 9.57. The Balaban J connectivity index is 1.66. The van der Waals surface area contributed by atoms with Gasteiger partial charge in [-0.25, -0.2) is 9.97 Å². The molecule has 2 heterocycles. The van der Waals surface area contributed by atoms with Crippen LogP contribution < -0.4 is 10.6 Å². The number of hydrogen-bond donors (Lipinski definition) is 2. The lowest BCUT2D eigenvalue weighted by Crippen LogP contribution is -2.24. The van der Waals surface area contributed by atoms with Gasteiger partial charge in [-0.1, -0.05) is 18.2 Å². The summed E-state index contributed by atoms with van der Waals surface area (Å²) < 4.78 is 38.2. The minimum absolute atomic E-state index is 0.0494. The van der Waals surface area contributed by atoms with E-state index in [1.807, 2.05) is 0 Å². The molecule has 0 radical (unpaired) electrons. The maximum absolute atomic E-state index is 12.7. The van der Waals surface area contributed by atoms with Gasteiger partial charge in [-0.05, 0) is 29.8 Å². The van der Waals surface area contributed by atoms with Crippen molar-refractivity contribution in [3.05, 3.63) is 77.9 Å². The van der Waals surface area contributed by atoms with Crippen molar-refractivity contribution in [2.75, 3.05) is 5.32 Å². The number of carbonyl (C=O) groups excluding carboxylic acids is 1. The Labute approximate surface area is 152 Å². The molecular formula is C18H14F3N5O. The fourth-order valence-corrected chi connectivity index (χ4v) is 2.26. The molecule has 138 valence electrons. The number of hydrogen-bond acceptors (Lipinski definition) is 5. The highest BCUT2D eigenvalue weighted by molar-refractivity contribution is 5.92. The SMILES string of the molecule is O=C(NCc1cccc(C(F)(F)F)c1)c1cccc(Nc2cnccn2)n1. The van der Waals surface area contributed by atoms with Crippen molar-refractivity contribution in [3.8, 4) is 0 Å². The van der Waals surface area contributed by atoms with Crippen LogP contribution in [0, 0.1) is 0 Å². The maximum Gasteiger partial charge on any atom is 0.416 e. The fourth-order valence-electron chi connectivity index (χ4n) is 2.26. The highest BCUT2D eigenvalue weighted by Gasteiger charge is 2.30. The van der Waals surface area contributed by atoms with Crippen molar-refractivity contribution in [1.29, 1.82) is 0 Å². The van der Waals surface area contributed by atoms with Gasteiger partial charge in [-0.15, -0.1) is 0 Å². The van der Waals surface area contributed by atoms with Crippen molar-refractivity contribution in [2.24, 2.45) is 0 Å². The molecule has 0 saturated heterocycles. The van der Waals surface area contributed by atoms with Crippen LogP contribution in [-0.2, 0) is 12.7 Å². The number of carbonyl (C=O) groups is 1. The number of pyridine rings is 1. The number of alkyl halides is 3. The topological polar surface area (TPSA) is 79.8 Å². The number of rotatable bonds is 5. The molecule has 2 aromatic heterocycles. The first-order valence-corrected chi connectivity index (χ1v) is 7.86. The molecule has 3 rings (SSSR count). The number of nitrogens with zero attached hydrogens (tertiary/aromatic N) is 3. The average molecular weight is 373 g/mol. The van der Waals surface area contributed by atoms with E-state index in [9.17, 15) is 18.0 Å². The number of aromatic nitrogens is 3. The molecule has 3 aromatic rings. The second-order valence-electron chi connectivity index (χ2n) is 5.50. The van der Waals surface area contributed by atoms with Gasteiger partial charge in [0.1, 0.15) is 17.3 Å². The summed E-state index contributed by atoms with van der Waals surface area (Å²) in [5.74, 6) is 0.351. The van der Waals surface area contributed by atoms with Crippen LogP contribution in [-0.4, -0.2) is 20.9 Å². The summed E-state index contributed by atoms with van der Waals surface area (Å²) in [5.41, 5.74) is -0.301. The van der Waals surface area contributed by atoms with Gasteiger partial charge in [0.25, 0.3) is 5.91 Å². The van der Waals surface area contributed by atoms with Gasteiger partial charge in [0.2, 0.25) is 0 Å². The van der Waals surface area contributed by atoms with E-state index < -0.39 is 17.6 Å². The van der Waals surface area contributed by atoms with Crippen LogP contribution in [0.2, 0.25) is 0 Å². The lowest BCUT2D eigenvalue weighted by molar-refractivity contribution is -0.137. The first-order valence-electron chi connectivity index (χ1n) is 7.86. The lowest BCUT2D eigenvalue weighted by Gasteiger charge is -2.10. The highest BCUT2D eigenvalue weighted by atomic mass is 19.4. The minimum atomic E-state index is -4.43. The molecule has 27 heavy (non-hydrogen) atoms. The van der Waals surface area contributed by atoms with Gasteiger partial charge in [0.15, 0.2) is 0 Å². The predicted octanol–water partition coefficient (Wildman–Crippen LogP) is 3.56. The summed E-state index contributed by atoms with van der Waals surface area (Å²) in [6.45, 7) is -0.0494. The van der Waals surface area contributed by atoms with Gasteiger partial charge < -0.3 is 10.6 Å². The maximum atomic E-state index is 12.7. The van der Waals surface area contributed by atoms with Crippen LogP contribution >= 0.6 is 0 Å². The van der Waals surface area contributed by atoms with E-state index in [1.54, 1.807) is 12.1 Å². The Kier molecular flexibility index (Phi) is 5.30. The van der Waals surface area contributed by atoms with Crippen molar-refractivity contribution in [3.63, 3.8) is 0 Å². The normalized spacial score (nSPS) is 11.1. The number of benzene rings is 1. The van der Waals surface area contributed by atoms with Crippen molar-refractivity contribution >= 4 is 17.5 Å². The van der Waals surface area contributed by atoms with E-state index in [2.05, 4.69) is 25.6 Å². The van der Waals surface area contributed by atoms with Crippen LogP contribution in [0.15, 0.2) is 61.1 Å². The molecule has 0 saturated carbocycles. The zero-order valence-corrected chi connectivity index (χ0v) is 13.9. The lowest BCUT2D eigenvalue weighted by atomic mass is 10.1. The van der Waals surface area contributed by atoms with Gasteiger partial charge in [-0.2, -0.15) is 13.2 Å². The largest absolute Gasteiger partial charge is 0.416 e. The molecule has 0 spiro atoms. The smallest absolute Gasteiger partial charge is 0.347 e. The Morgan fingerprint density at radius 1 is 1.04 bits per heavy atom. The average Bonchev–Trinajstić information content (AvgIpc) is 2.67. The van der Waals surface area contributed by atoms with Gasteiger partial charge >= 0.3 is 6.18 Å². The van der Waals surface area contributed by atoms with Crippen molar-refractivity contribution in [1.82, 2.24) is 20.3 Å². The predicted molar refractivity (Wildman–Crippen MR) is 92.2 cm³/mol. The van der Waals surface area contributed by atoms with Gasteiger partial charge in [0, 0.05) is 18.9 Å². The molecule has 1 amide bonds. The van der Waals surface area contributed by atoms with Crippen molar-refractivity contribution < 1.29 is 18.0 Å². The Bertz CT molecular complexity index is 932. The van der Waals surface area contributed by atoms with Crippen LogP contribution in [0.5, 0.6) is 0 Å². The summed E-state index contributed by atoms with van der Waals surface area (Å²) in [4.78, 5) is 24.4. The quantitative estimate of drug-likeness (QED) is 0.715. The molecular weight excluding hydrogens is 359 g/mol. The summed E-state index contributed by atoms with van der Waals surface area (Å²) >= 11 is 0. The number of anilines is 2. The number of halogens is 3. The third-order valence-electron chi connectivity index (χ3n) is 3.51. The first-order chi connectivity index (χ1) is 12.9. The molecule has 0 aliphatic rings. The van der Waals surface area contributed by atoms with E-state index in [4.69, 9.17) is 0 Å². The summed E-state index contributed by atoms with van der Waals surface area (Å²) in [7, 11) is 0. The van der Waals surface area contributed by atoms with Crippen LogP contribution in [0.3, 0.4) is 0 Å². The molecule has 0 aliphatic heterocycles. The second kappa shape index (κ2) is 7.81. The molecule has 6 nitrogen and oxygen atoms in total. The summed E-state index contributed by atoms with van der Waals surface area (Å²) in [5, 5.41) is 5.47. The Hall–Kier alpha value is -3.49. The zero-order valence-electron chi connectivity index (χ0n) is 13.9. The Morgan fingerprint density at radius 2 is 1.85 bits per heavy atom. The third kappa shape index (κ3) is 5.00. The molecule has 9 heteroatoms. The molecule has 0 atom stereocenters. The molecule has 0 fully saturated rings. The van der Waals surface area contributed by atoms with E-state index in [-0.39, 0.29) is 12.2 Å². The Morgan fingerprint density at radius 3 is 2.59 bits per heavy atom. The minimum Gasteiger partial charge on any atom is -0.347 e. The van der Waals surface area contributed by atoms with Crippen LogP contribution in [0.25, 0.3) is 0 Å². The number of amides is 1. The molecule has 2 N–H and O–H groups in total.